The molecule has 0 spiro atoms. The lowest BCUT2D eigenvalue weighted by molar-refractivity contribution is 0.0273. The van der Waals surface area contributed by atoms with Gasteiger partial charge in [-0.2, -0.15) is 0 Å². The number of nitrogens with zero attached hydrogens (tertiary/aromatic N) is 3. The van der Waals surface area contributed by atoms with Crippen LogP contribution < -0.4 is 10.2 Å². The molecule has 2 aromatic carbocycles. The summed E-state index contributed by atoms with van der Waals surface area (Å²) in [6.07, 6.45) is 0.921. The van der Waals surface area contributed by atoms with E-state index in [9.17, 15) is 4.79 Å². The standard InChI is InChI=1S/C25H32N4O2/c1-27(2)23-15-29(16-23)25(30)19-5-3-18(4-6-19)24-14-20-7-8-22(13-21(20)17-31-24)28-11-9-26-10-12-28/h3-8,13,23-24,26H,9-12,14-17H2,1-2H3. The topological polar surface area (TPSA) is 48.0 Å². The molecule has 1 N–H and O–H groups in total. The van der Waals surface area contributed by atoms with Crippen LogP contribution in [0.25, 0.3) is 0 Å². The SMILES string of the molecule is CN(C)C1CN(C(=O)c2ccc(C3Cc4ccc(N5CCNCC5)cc4CO3)cc2)C1. The molecule has 31 heavy (non-hydrogen) atoms. The highest BCUT2D eigenvalue weighted by Crippen LogP contribution is 2.33. The maximum atomic E-state index is 12.7. The van der Waals surface area contributed by atoms with Gasteiger partial charge >= 0.3 is 0 Å². The van der Waals surface area contributed by atoms with Crippen LogP contribution in [-0.2, 0) is 17.8 Å². The lowest BCUT2D eigenvalue weighted by atomic mass is 9.94. The highest BCUT2D eigenvalue weighted by molar-refractivity contribution is 5.94. The van der Waals surface area contributed by atoms with Gasteiger partial charge in [0.2, 0.25) is 0 Å². The highest BCUT2D eigenvalue weighted by atomic mass is 16.5. The van der Waals surface area contributed by atoms with Gasteiger partial charge in [-0.25, -0.2) is 0 Å². The summed E-state index contributed by atoms with van der Waals surface area (Å²) in [6, 6.07) is 15.3. The van der Waals surface area contributed by atoms with Gasteiger partial charge in [0.15, 0.2) is 0 Å². The van der Waals surface area contributed by atoms with Gasteiger partial charge in [0.1, 0.15) is 0 Å². The first-order chi connectivity index (χ1) is 15.1. The van der Waals surface area contributed by atoms with E-state index in [1.165, 1.54) is 16.8 Å². The number of fused-ring (bicyclic) bond motifs is 1. The second-order valence-electron chi connectivity index (χ2n) is 9.14. The lowest BCUT2D eigenvalue weighted by Gasteiger charge is -2.42. The fraction of sp³-hybridized carbons (Fsp3) is 0.480. The molecule has 6 heteroatoms. The molecular weight excluding hydrogens is 388 g/mol. The van der Waals surface area contributed by atoms with Crippen molar-refractivity contribution >= 4 is 11.6 Å². The van der Waals surface area contributed by atoms with E-state index >= 15 is 0 Å². The Morgan fingerprint density at radius 2 is 1.77 bits per heavy atom. The molecule has 164 valence electrons. The van der Waals surface area contributed by atoms with Gasteiger partial charge in [0, 0.05) is 63.0 Å². The van der Waals surface area contributed by atoms with Gasteiger partial charge < -0.3 is 24.8 Å². The molecule has 2 saturated heterocycles. The smallest absolute Gasteiger partial charge is 0.253 e. The second kappa shape index (κ2) is 8.61. The van der Waals surface area contributed by atoms with Gasteiger partial charge in [0.05, 0.1) is 12.7 Å². The molecule has 0 bridgehead atoms. The number of carbonyl (C=O) groups is 1. The first kappa shape index (κ1) is 20.5. The third-order valence-electron chi connectivity index (χ3n) is 6.93. The number of rotatable bonds is 4. The molecule has 0 aromatic heterocycles. The van der Waals surface area contributed by atoms with Crippen LogP contribution in [0.1, 0.15) is 33.2 Å². The van der Waals surface area contributed by atoms with Crippen molar-refractivity contribution < 1.29 is 9.53 Å². The molecule has 3 aliphatic heterocycles. The maximum Gasteiger partial charge on any atom is 0.253 e. The summed E-state index contributed by atoms with van der Waals surface area (Å²) in [5.74, 6) is 0.125. The Morgan fingerprint density at radius 3 is 2.48 bits per heavy atom. The Morgan fingerprint density at radius 1 is 1.03 bits per heavy atom. The number of benzene rings is 2. The van der Waals surface area contributed by atoms with Gasteiger partial charge in [-0.05, 0) is 55.1 Å². The van der Waals surface area contributed by atoms with E-state index in [0.29, 0.717) is 12.6 Å². The molecule has 1 atom stereocenters. The number of carbonyl (C=O) groups excluding carboxylic acids is 1. The van der Waals surface area contributed by atoms with Crippen molar-refractivity contribution in [3.63, 3.8) is 0 Å². The number of likely N-dealkylation sites (N-methyl/N-ethyl adjacent to an activating group) is 1. The fourth-order valence-electron chi connectivity index (χ4n) is 4.70. The van der Waals surface area contributed by atoms with Gasteiger partial charge in [-0.3, -0.25) is 4.79 Å². The number of likely N-dealkylation sites (tertiary alicyclic amines) is 1. The third kappa shape index (κ3) is 4.20. The van der Waals surface area contributed by atoms with Gasteiger partial charge in [-0.15, -0.1) is 0 Å². The van der Waals surface area contributed by atoms with Crippen molar-refractivity contribution in [1.29, 1.82) is 0 Å². The van der Waals surface area contributed by atoms with E-state index in [0.717, 1.165) is 56.8 Å². The molecular formula is C25H32N4O2. The average Bonchev–Trinajstić information content (AvgIpc) is 2.78. The van der Waals surface area contributed by atoms with Crippen LogP contribution in [0.2, 0.25) is 0 Å². The van der Waals surface area contributed by atoms with E-state index in [1.807, 2.05) is 17.0 Å². The molecule has 1 amide bonds. The lowest BCUT2D eigenvalue weighted by Crippen LogP contribution is -2.59. The zero-order chi connectivity index (χ0) is 21.4. The number of ether oxygens (including phenoxy) is 1. The van der Waals surface area contributed by atoms with Crippen LogP contribution in [0, 0.1) is 0 Å². The molecule has 0 radical (unpaired) electrons. The number of hydrogen-bond acceptors (Lipinski definition) is 5. The molecule has 3 heterocycles. The monoisotopic (exact) mass is 420 g/mol. The summed E-state index contributed by atoms with van der Waals surface area (Å²) in [6.45, 7) is 6.46. The third-order valence-corrected chi connectivity index (χ3v) is 6.93. The van der Waals surface area contributed by atoms with Crippen LogP contribution in [0.3, 0.4) is 0 Å². The van der Waals surface area contributed by atoms with E-state index < -0.39 is 0 Å². The van der Waals surface area contributed by atoms with E-state index in [1.54, 1.807) is 0 Å². The van der Waals surface area contributed by atoms with E-state index in [2.05, 4.69) is 59.5 Å². The molecule has 5 rings (SSSR count). The summed E-state index contributed by atoms with van der Waals surface area (Å²) < 4.78 is 6.22. The van der Waals surface area contributed by atoms with Crippen LogP contribution in [0.15, 0.2) is 42.5 Å². The van der Waals surface area contributed by atoms with Crippen molar-refractivity contribution in [3.05, 3.63) is 64.7 Å². The minimum absolute atomic E-state index is 0.0452. The van der Waals surface area contributed by atoms with Crippen LogP contribution in [-0.4, -0.2) is 75.1 Å². The molecule has 3 aliphatic rings. The Hall–Kier alpha value is -2.41. The maximum absolute atomic E-state index is 12.7. The van der Waals surface area contributed by atoms with Crippen molar-refractivity contribution in [3.8, 4) is 0 Å². The highest BCUT2D eigenvalue weighted by Gasteiger charge is 2.32. The largest absolute Gasteiger partial charge is 0.369 e. The normalized spacial score (nSPS) is 21.7. The van der Waals surface area contributed by atoms with Crippen molar-refractivity contribution in [2.75, 3.05) is 58.3 Å². The van der Waals surface area contributed by atoms with Gasteiger partial charge in [-0.1, -0.05) is 18.2 Å². The minimum Gasteiger partial charge on any atom is -0.369 e. The van der Waals surface area contributed by atoms with Crippen molar-refractivity contribution in [1.82, 2.24) is 15.1 Å². The predicted octanol–water partition coefficient (Wildman–Crippen LogP) is 2.30. The number of piperazine rings is 1. The zero-order valence-corrected chi connectivity index (χ0v) is 18.5. The summed E-state index contributed by atoms with van der Waals surface area (Å²) >= 11 is 0. The number of anilines is 1. The first-order valence-electron chi connectivity index (χ1n) is 11.3. The molecule has 2 fully saturated rings. The Kier molecular flexibility index (Phi) is 5.69. The van der Waals surface area contributed by atoms with Crippen molar-refractivity contribution in [2.45, 2.75) is 25.2 Å². The Balaban J connectivity index is 1.22. The summed E-state index contributed by atoms with van der Waals surface area (Å²) in [5.41, 5.74) is 5.87. The number of hydrogen-bond donors (Lipinski definition) is 1. The average molecular weight is 421 g/mol. The minimum atomic E-state index is 0.0452. The fourth-order valence-corrected chi connectivity index (χ4v) is 4.70. The molecule has 1 unspecified atom stereocenters. The number of amides is 1. The molecule has 2 aromatic rings. The first-order valence-corrected chi connectivity index (χ1v) is 11.3. The van der Waals surface area contributed by atoms with Crippen LogP contribution >= 0.6 is 0 Å². The summed E-state index contributed by atoms with van der Waals surface area (Å²) in [4.78, 5) is 19.2. The van der Waals surface area contributed by atoms with Crippen LogP contribution in [0.4, 0.5) is 5.69 Å². The van der Waals surface area contributed by atoms with Crippen LogP contribution in [0.5, 0.6) is 0 Å². The zero-order valence-electron chi connectivity index (χ0n) is 18.5. The molecule has 6 nitrogen and oxygen atoms in total. The Labute approximate surface area is 184 Å². The molecule has 0 saturated carbocycles. The summed E-state index contributed by atoms with van der Waals surface area (Å²) in [7, 11) is 4.13. The quantitative estimate of drug-likeness (QED) is 0.823. The Bertz CT molecular complexity index is 931. The summed E-state index contributed by atoms with van der Waals surface area (Å²) in [5, 5.41) is 3.41. The van der Waals surface area contributed by atoms with Crippen molar-refractivity contribution in [2.24, 2.45) is 0 Å². The number of nitrogens with one attached hydrogen (secondary N) is 1. The molecule has 0 aliphatic carbocycles. The van der Waals surface area contributed by atoms with E-state index in [-0.39, 0.29) is 12.0 Å². The second-order valence-corrected chi connectivity index (χ2v) is 9.14. The predicted molar refractivity (Wildman–Crippen MR) is 123 cm³/mol. The van der Waals surface area contributed by atoms with Gasteiger partial charge in [0.25, 0.3) is 5.91 Å². The van der Waals surface area contributed by atoms with E-state index in [4.69, 9.17) is 4.74 Å².